The van der Waals surface area contributed by atoms with Crippen molar-refractivity contribution in [2.45, 2.75) is 38.3 Å². The molecule has 2 aromatic rings. The van der Waals surface area contributed by atoms with Crippen LogP contribution in [-0.4, -0.2) is 39.8 Å². The molecule has 1 aliphatic heterocycles. The first kappa shape index (κ1) is 15.2. The molecule has 0 radical (unpaired) electrons. The minimum absolute atomic E-state index is 0.110. The Morgan fingerprint density at radius 3 is 2.75 bits per heavy atom. The van der Waals surface area contributed by atoms with Crippen LogP contribution in [0.3, 0.4) is 0 Å². The highest BCUT2D eigenvalue weighted by atomic mass is 16.5. The van der Waals surface area contributed by atoms with Crippen molar-refractivity contribution in [1.29, 1.82) is 0 Å². The number of benzene rings is 1. The van der Waals surface area contributed by atoms with E-state index in [4.69, 9.17) is 4.74 Å². The van der Waals surface area contributed by atoms with Crippen molar-refractivity contribution in [2.24, 2.45) is 5.92 Å². The molecule has 1 saturated carbocycles. The minimum Gasteiger partial charge on any atom is -0.493 e. The molecule has 1 aliphatic carbocycles. The average molecular weight is 325 g/mol. The minimum atomic E-state index is 0.110. The standard InChI is InChI=1S/C19H23N3O2/c23-19(16-6-8-18(9-7-16)24-14-15-4-5-15)22-12-1-3-17(22)13-21-11-2-10-20-21/h2,6-11,15,17H,1,3-5,12-14H2/t17-/m1/s1. The molecular formula is C19H23N3O2. The van der Waals surface area contributed by atoms with Gasteiger partial charge in [0.15, 0.2) is 0 Å². The lowest BCUT2D eigenvalue weighted by molar-refractivity contribution is 0.0721. The number of aromatic nitrogens is 2. The van der Waals surface area contributed by atoms with E-state index in [1.54, 1.807) is 6.20 Å². The first-order chi connectivity index (χ1) is 11.8. The van der Waals surface area contributed by atoms with Crippen LogP contribution >= 0.6 is 0 Å². The molecule has 0 bridgehead atoms. The van der Waals surface area contributed by atoms with Gasteiger partial charge in [-0.3, -0.25) is 9.48 Å². The molecule has 1 amide bonds. The van der Waals surface area contributed by atoms with Crippen molar-refractivity contribution in [3.63, 3.8) is 0 Å². The van der Waals surface area contributed by atoms with Crippen LogP contribution in [0.4, 0.5) is 0 Å². The lowest BCUT2D eigenvalue weighted by Crippen LogP contribution is -2.38. The van der Waals surface area contributed by atoms with Gasteiger partial charge in [-0.15, -0.1) is 0 Å². The van der Waals surface area contributed by atoms with Gasteiger partial charge >= 0.3 is 0 Å². The Bertz CT molecular complexity index is 677. The molecule has 0 spiro atoms. The lowest BCUT2D eigenvalue weighted by atomic mass is 10.1. The first-order valence-electron chi connectivity index (χ1n) is 8.81. The molecule has 5 nitrogen and oxygen atoms in total. The summed E-state index contributed by atoms with van der Waals surface area (Å²) in [5.41, 5.74) is 0.737. The van der Waals surface area contributed by atoms with Gasteiger partial charge in [-0.2, -0.15) is 5.10 Å². The Kier molecular flexibility index (Phi) is 4.24. The van der Waals surface area contributed by atoms with Gasteiger partial charge in [-0.05, 0) is 61.9 Å². The highest BCUT2D eigenvalue weighted by Gasteiger charge is 2.29. The molecule has 1 saturated heterocycles. The van der Waals surface area contributed by atoms with Gasteiger partial charge in [0, 0.05) is 24.5 Å². The Balaban J connectivity index is 1.39. The smallest absolute Gasteiger partial charge is 0.254 e. The van der Waals surface area contributed by atoms with Gasteiger partial charge in [0.25, 0.3) is 5.91 Å². The number of nitrogens with zero attached hydrogens (tertiary/aromatic N) is 3. The zero-order chi connectivity index (χ0) is 16.4. The van der Waals surface area contributed by atoms with Crippen LogP contribution in [0.1, 0.15) is 36.0 Å². The van der Waals surface area contributed by atoms with Crippen LogP contribution in [0, 0.1) is 5.92 Å². The van der Waals surface area contributed by atoms with Gasteiger partial charge in [-0.1, -0.05) is 0 Å². The number of carbonyl (C=O) groups excluding carboxylic acids is 1. The number of hydrogen-bond acceptors (Lipinski definition) is 3. The Hall–Kier alpha value is -2.30. The van der Waals surface area contributed by atoms with Crippen LogP contribution in [0.25, 0.3) is 0 Å². The second kappa shape index (κ2) is 6.67. The molecule has 1 atom stereocenters. The summed E-state index contributed by atoms with van der Waals surface area (Å²) >= 11 is 0. The van der Waals surface area contributed by atoms with Crippen LogP contribution in [0.15, 0.2) is 42.7 Å². The molecule has 2 fully saturated rings. The first-order valence-corrected chi connectivity index (χ1v) is 8.81. The fourth-order valence-corrected chi connectivity index (χ4v) is 3.28. The average Bonchev–Trinajstić information content (AvgIpc) is 3.08. The molecule has 4 rings (SSSR count). The Morgan fingerprint density at radius 2 is 2.04 bits per heavy atom. The molecule has 0 unspecified atom stereocenters. The predicted molar refractivity (Wildman–Crippen MR) is 90.9 cm³/mol. The Labute approximate surface area is 142 Å². The molecule has 1 aromatic heterocycles. The molecule has 5 heteroatoms. The maximum absolute atomic E-state index is 12.8. The van der Waals surface area contributed by atoms with E-state index in [-0.39, 0.29) is 11.9 Å². The van der Waals surface area contributed by atoms with Crippen LogP contribution in [0.2, 0.25) is 0 Å². The normalized spacial score (nSPS) is 20.3. The second-order valence-corrected chi connectivity index (χ2v) is 6.80. The van der Waals surface area contributed by atoms with E-state index >= 15 is 0 Å². The zero-order valence-electron chi connectivity index (χ0n) is 13.8. The van der Waals surface area contributed by atoms with Crippen molar-refractivity contribution in [2.75, 3.05) is 13.2 Å². The van der Waals surface area contributed by atoms with Gasteiger partial charge in [0.05, 0.1) is 19.2 Å². The lowest BCUT2D eigenvalue weighted by Gasteiger charge is -2.25. The van der Waals surface area contributed by atoms with E-state index in [1.807, 2.05) is 46.1 Å². The highest BCUT2D eigenvalue weighted by Crippen LogP contribution is 2.29. The van der Waals surface area contributed by atoms with E-state index in [9.17, 15) is 4.79 Å². The number of rotatable bonds is 6. The van der Waals surface area contributed by atoms with Crippen molar-refractivity contribution in [3.05, 3.63) is 48.3 Å². The SMILES string of the molecule is O=C(c1ccc(OCC2CC2)cc1)N1CCC[C@@H]1Cn1cccn1. The van der Waals surface area contributed by atoms with Crippen LogP contribution < -0.4 is 4.74 Å². The number of hydrogen-bond donors (Lipinski definition) is 0. The Morgan fingerprint density at radius 1 is 1.21 bits per heavy atom. The van der Waals surface area contributed by atoms with E-state index in [0.717, 1.165) is 49.8 Å². The summed E-state index contributed by atoms with van der Waals surface area (Å²) in [6, 6.07) is 9.73. The summed E-state index contributed by atoms with van der Waals surface area (Å²) in [6.45, 7) is 2.39. The monoisotopic (exact) mass is 325 g/mol. The number of amides is 1. The second-order valence-electron chi connectivity index (χ2n) is 6.80. The zero-order valence-corrected chi connectivity index (χ0v) is 13.8. The fourth-order valence-electron chi connectivity index (χ4n) is 3.28. The molecule has 1 aromatic carbocycles. The maximum atomic E-state index is 12.8. The largest absolute Gasteiger partial charge is 0.493 e. The quantitative estimate of drug-likeness (QED) is 0.820. The predicted octanol–water partition coefficient (Wildman–Crippen LogP) is 2.98. The molecule has 2 heterocycles. The van der Waals surface area contributed by atoms with Crippen molar-refractivity contribution >= 4 is 5.91 Å². The topological polar surface area (TPSA) is 47.4 Å². The van der Waals surface area contributed by atoms with Crippen molar-refractivity contribution < 1.29 is 9.53 Å². The molecule has 24 heavy (non-hydrogen) atoms. The number of likely N-dealkylation sites (tertiary alicyclic amines) is 1. The van der Waals surface area contributed by atoms with E-state index in [1.165, 1.54) is 12.8 Å². The van der Waals surface area contributed by atoms with Gasteiger partial charge in [-0.25, -0.2) is 0 Å². The van der Waals surface area contributed by atoms with E-state index in [0.29, 0.717) is 0 Å². The van der Waals surface area contributed by atoms with Crippen LogP contribution in [-0.2, 0) is 6.54 Å². The summed E-state index contributed by atoms with van der Waals surface area (Å²) in [7, 11) is 0. The highest BCUT2D eigenvalue weighted by molar-refractivity contribution is 5.94. The molecule has 2 aliphatic rings. The summed E-state index contributed by atoms with van der Waals surface area (Å²) in [5.74, 6) is 1.70. The summed E-state index contributed by atoms with van der Waals surface area (Å²) in [6.07, 6.45) is 8.38. The summed E-state index contributed by atoms with van der Waals surface area (Å²) in [4.78, 5) is 14.8. The third kappa shape index (κ3) is 3.45. The number of ether oxygens (including phenoxy) is 1. The third-order valence-electron chi connectivity index (χ3n) is 4.88. The van der Waals surface area contributed by atoms with Crippen molar-refractivity contribution in [1.82, 2.24) is 14.7 Å². The number of carbonyl (C=O) groups is 1. The maximum Gasteiger partial charge on any atom is 0.254 e. The molecule has 126 valence electrons. The summed E-state index contributed by atoms with van der Waals surface area (Å²) < 4.78 is 7.65. The van der Waals surface area contributed by atoms with E-state index in [2.05, 4.69) is 5.10 Å². The fraction of sp³-hybridized carbons (Fsp3) is 0.474. The van der Waals surface area contributed by atoms with E-state index < -0.39 is 0 Å². The summed E-state index contributed by atoms with van der Waals surface area (Å²) in [5, 5.41) is 4.26. The van der Waals surface area contributed by atoms with Gasteiger partial charge in [0.1, 0.15) is 5.75 Å². The van der Waals surface area contributed by atoms with Crippen molar-refractivity contribution in [3.8, 4) is 5.75 Å². The molecular weight excluding hydrogens is 302 g/mol. The third-order valence-corrected chi connectivity index (χ3v) is 4.88. The van der Waals surface area contributed by atoms with Gasteiger partial charge in [0.2, 0.25) is 0 Å². The van der Waals surface area contributed by atoms with Gasteiger partial charge < -0.3 is 9.64 Å². The molecule has 0 N–H and O–H groups in total. The van der Waals surface area contributed by atoms with Crippen LogP contribution in [0.5, 0.6) is 5.75 Å².